The minimum atomic E-state index is -0.979. The van der Waals surface area contributed by atoms with Crippen molar-refractivity contribution in [3.8, 4) is 11.3 Å². The van der Waals surface area contributed by atoms with Crippen LogP contribution in [0.1, 0.15) is 44.0 Å². The van der Waals surface area contributed by atoms with Crippen molar-refractivity contribution in [1.29, 1.82) is 0 Å². The van der Waals surface area contributed by atoms with Crippen LogP contribution in [-0.2, 0) is 4.74 Å². The van der Waals surface area contributed by atoms with E-state index >= 15 is 0 Å². The zero-order valence-corrected chi connectivity index (χ0v) is 17.2. The van der Waals surface area contributed by atoms with Gasteiger partial charge in [0.25, 0.3) is 0 Å². The van der Waals surface area contributed by atoms with Crippen LogP contribution in [0.5, 0.6) is 0 Å². The number of imidazole rings is 1. The Morgan fingerprint density at radius 2 is 1.87 bits per heavy atom. The van der Waals surface area contributed by atoms with Gasteiger partial charge in [0.15, 0.2) is 11.5 Å². The van der Waals surface area contributed by atoms with E-state index in [2.05, 4.69) is 10.1 Å². The van der Waals surface area contributed by atoms with E-state index in [0.717, 1.165) is 18.4 Å². The Morgan fingerprint density at radius 3 is 2.47 bits per heavy atom. The van der Waals surface area contributed by atoms with Gasteiger partial charge in [0.1, 0.15) is 5.60 Å². The molecule has 0 aliphatic heterocycles. The summed E-state index contributed by atoms with van der Waals surface area (Å²) in [5, 5.41) is 13.8. The summed E-state index contributed by atoms with van der Waals surface area (Å²) in [6, 6.07) is 10.1. The van der Waals surface area contributed by atoms with Gasteiger partial charge < -0.3 is 9.84 Å². The number of amides is 1. The molecule has 1 N–H and O–H groups in total. The molecule has 0 spiro atoms. The van der Waals surface area contributed by atoms with Gasteiger partial charge in [-0.2, -0.15) is 0 Å². The fraction of sp³-hybridized carbons (Fsp3) is 0.364. The first-order chi connectivity index (χ1) is 14.2. The van der Waals surface area contributed by atoms with E-state index in [1.165, 1.54) is 0 Å². The number of aromatic carboxylic acids is 1. The summed E-state index contributed by atoms with van der Waals surface area (Å²) >= 11 is 0. The van der Waals surface area contributed by atoms with Crippen LogP contribution in [0.2, 0.25) is 0 Å². The lowest BCUT2D eigenvalue weighted by Crippen LogP contribution is -2.38. The molecule has 1 fully saturated rings. The first-order valence-corrected chi connectivity index (χ1v) is 9.90. The fourth-order valence-electron chi connectivity index (χ4n) is 3.13. The molecule has 0 bridgehead atoms. The summed E-state index contributed by atoms with van der Waals surface area (Å²) < 4.78 is 7.26. The number of carbonyl (C=O) groups excluding carboxylic acids is 1. The normalized spacial score (nSPS) is 14.0. The molecule has 4 rings (SSSR count). The molecule has 0 radical (unpaired) electrons. The highest BCUT2D eigenvalue weighted by atomic mass is 16.6. The van der Waals surface area contributed by atoms with Crippen LogP contribution in [0, 0.1) is 5.92 Å². The molecule has 0 unspecified atom stereocenters. The van der Waals surface area contributed by atoms with E-state index < -0.39 is 17.7 Å². The maximum absolute atomic E-state index is 12.8. The number of hydrogen-bond acceptors (Lipinski definition) is 5. The number of hydrogen-bond donors (Lipinski definition) is 1. The highest BCUT2D eigenvalue weighted by molar-refractivity contribution is 5.88. The molecule has 1 saturated carbocycles. The third-order valence-electron chi connectivity index (χ3n) is 4.80. The lowest BCUT2D eigenvalue weighted by Gasteiger charge is -2.26. The van der Waals surface area contributed by atoms with Crippen molar-refractivity contribution in [2.45, 2.75) is 39.2 Å². The van der Waals surface area contributed by atoms with Crippen LogP contribution in [-0.4, -0.2) is 43.9 Å². The Hall–Kier alpha value is -3.42. The largest absolute Gasteiger partial charge is 0.478 e. The van der Waals surface area contributed by atoms with E-state index in [4.69, 9.17) is 9.84 Å². The summed E-state index contributed by atoms with van der Waals surface area (Å²) in [5.41, 5.74) is 1.73. The average Bonchev–Trinajstić information content (AvgIpc) is 3.41. The van der Waals surface area contributed by atoms with Crippen LogP contribution in [0.3, 0.4) is 0 Å². The molecule has 1 aliphatic carbocycles. The second-order valence-corrected chi connectivity index (χ2v) is 8.52. The molecular formula is C22H24N4O4. The maximum atomic E-state index is 12.8. The van der Waals surface area contributed by atoms with Crippen molar-refractivity contribution in [2.24, 2.45) is 5.92 Å². The molecule has 2 heterocycles. The first kappa shape index (κ1) is 19.9. The van der Waals surface area contributed by atoms with Gasteiger partial charge in [0, 0.05) is 12.1 Å². The van der Waals surface area contributed by atoms with Crippen LogP contribution in [0.4, 0.5) is 10.6 Å². The third-order valence-corrected chi connectivity index (χ3v) is 4.80. The van der Waals surface area contributed by atoms with Gasteiger partial charge in [-0.3, -0.25) is 4.90 Å². The third kappa shape index (κ3) is 4.27. The van der Waals surface area contributed by atoms with Gasteiger partial charge in [-0.25, -0.2) is 19.1 Å². The van der Waals surface area contributed by atoms with E-state index in [-0.39, 0.29) is 5.56 Å². The number of carboxylic acids is 1. The van der Waals surface area contributed by atoms with Gasteiger partial charge >= 0.3 is 12.1 Å². The average molecular weight is 408 g/mol. The van der Waals surface area contributed by atoms with E-state index in [1.54, 1.807) is 45.9 Å². The fourth-order valence-corrected chi connectivity index (χ4v) is 3.13. The summed E-state index contributed by atoms with van der Waals surface area (Å²) in [6.45, 7) is 6.08. The second-order valence-electron chi connectivity index (χ2n) is 8.52. The van der Waals surface area contributed by atoms with Crippen LogP contribution < -0.4 is 4.90 Å². The predicted molar refractivity (Wildman–Crippen MR) is 112 cm³/mol. The number of rotatable bonds is 5. The quantitative estimate of drug-likeness (QED) is 0.678. The van der Waals surface area contributed by atoms with Crippen molar-refractivity contribution < 1.29 is 19.4 Å². The number of aromatic nitrogens is 3. The molecule has 0 atom stereocenters. The van der Waals surface area contributed by atoms with Crippen molar-refractivity contribution in [3.05, 3.63) is 48.2 Å². The van der Waals surface area contributed by atoms with Crippen molar-refractivity contribution in [3.63, 3.8) is 0 Å². The van der Waals surface area contributed by atoms with Crippen LogP contribution >= 0.6 is 0 Å². The molecule has 2 aromatic heterocycles. The summed E-state index contributed by atoms with van der Waals surface area (Å²) in [7, 11) is 0. The Morgan fingerprint density at radius 1 is 1.17 bits per heavy atom. The number of anilines is 1. The number of fused-ring (bicyclic) bond motifs is 1. The lowest BCUT2D eigenvalue weighted by molar-refractivity contribution is 0.0576. The number of ether oxygens (including phenoxy) is 1. The number of carboxylic acid groups (broad SMARTS) is 1. The maximum Gasteiger partial charge on any atom is 0.416 e. The smallest absolute Gasteiger partial charge is 0.416 e. The first-order valence-electron chi connectivity index (χ1n) is 9.90. The molecule has 1 amide bonds. The van der Waals surface area contributed by atoms with Crippen molar-refractivity contribution in [2.75, 3.05) is 11.4 Å². The van der Waals surface area contributed by atoms with Gasteiger partial charge in [0.2, 0.25) is 0 Å². The van der Waals surface area contributed by atoms with Gasteiger partial charge in [0.05, 0.1) is 17.5 Å². The summed E-state index contributed by atoms with van der Waals surface area (Å²) in [5.74, 6) is -0.0286. The van der Waals surface area contributed by atoms with Crippen LogP contribution in [0.15, 0.2) is 42.6 Å². The topological polar surface area (TPSA) is 97.0 Å². The Balaban J connectivity index is 1.71. The number of nitrogens with zero attached hydrogens (tertiary/aromatic N) is 4. The zero-order valence-electron chi connectivity index (χ0n) is 17.2. The monoisotopic (exact) mass is 408 g/mol. The van der Waals surface area contributed by atoms with Crippen molar-refractivity contribution >= 4 is 23.5 Å². The molecular weight excluding hydrogens is 384 g/mol. The Bertz CT molecular complexity index is 1090. The zero-order chi connectivity index (χ0) is 21.5. The standard InChI is InChI=1S/C22H24N4O4/c1-22(2,3)30-21(29)25(13-14-4-5-14)19-11-10-18-23-12-17(26(18)24-19)15-6-8-16(9-7-15)20(27)28/h6-12,14H,4-5,13H2,1-3H3,(H,27,28). The predicted octanol–water partition coefficient (Wildman–Crippen LogP) is 4.25. The summed E-state index contributed by atoms with van der Waals surface area (Å²) in [4.78, 5) is 29.9. The molecule has 0 saturated heterocycles. The number of carbonyl (C=O) groups is 2. The number of benzene rings is 1. The molecule has 8 heteroatoms. The second kappa shape index (κ2) is 7.44. The molecule has 3 aromatic rings. The highest BCUT2D eigenvalue weighted by Gasteiger charge is 2.31. The molecule has 30 heavy (non-hydrogen) atoms. The Labute approximate surface area is 174 Å². The van der Waals surface area contributed by atoms with Crippen molar-refractivity contribution in [1.82, 2.24) is 14.6 Å². The molecule has 1 aromatic carbocycles. The van der Waals surface area contributed by atoms with Gasteiger partial charge in [-0.15, -0.1) is 5.10 Å². The van der Waals surface area contributed by atoms with E-state index in [9.17, 15) is 9.59 Å². The van der Waals surface area contributed by atoms with Crippen LogP contribution in [0.25, 0.3) is 16.9 Å². The van der Waals surface area contributed by atoms with E-state index in [1.807, 2.05) is 26.8 Å². The summed E-state index contributed by atoms with van der Waals surface area (Å²) in [6.07, 6.45) is 3.44. The SMILES string of the molecule is CC(C)(C)OC(=O)N(CC1CC1)c1ccc2ncc(-c3ccc(C(=O)O)cc3)n2n1. The Kier molecular flexibility index (Phi) is 4.93. The molecule has 156 valence electrons. The van der Waals surface area contributed by atoms with Gasteiger partial charge in [-0.05, 0) is 63.8 Å². The molecule has 8 nitrogen and oxygen atoms in total. The highest BCUT2D eigenvalue weighted by Crippen LogP contribution is 2.32. The minimum absolute atomic E-state index is 0.210. The van der Waals surface area contributed by atoms with E-state index in [0.29, 0.717) is 29.6 Å². The van der Waals surface area contributed by atoms with Gasteiger partial charge in [-0.1, -0.05) is 12.1 Å². The lowest BCUT2D eigenvalue weighted by atomic mass is 10.1. The minimum Gasteiger partial charge on any atom is -0.478 e. The molecule has 1 aliphatic rings.